The molecule has 0 spiro atoms. The summed E-state index contributed by atoms with van der Waals surface area (Å²) < 4.78 is 0. The second-order valence-electron chi connectivity index (χ2n) is 5.43. The smallest absolute Gasteiger partial charge is 0.252 e. The van der Waals surface area contributed by atoms with Crippen LogP contribution in [0.2, 0.25) is 0 Å². The molecular weight excluding hydrogens is 226 g/mol. The Kier molecular flexibility index (Phi) is 3.97. The Labute approximate surface area is 108 Å². The van der Waals surface area contributed by atoms with Gasteiger partial charge in [-0.1, -0.05) is 0 Å². The molecule has 0 saturated carbocycles. The number of carbonyl (C=O) groups is 1. The maximum absolute atomic E-state index is 11.9. The van der Waals surface area contributed by atoms with Crippen molar-refractivity contribution >= 4 is 5.91 Å². The Balaban J connectivity index is 1.89. The van der Waals surface area contributed by atoms with Crippen LogP contribution >= 0.6 is 0 Å². The lowest BCUT2D eigenvalue weighted by Crippen LogP contribution is -2.50. The van der Waals surface area contributed by atoms with Gasteiger partial charge in [0.25, 0.3) is 5.91 Å². The molecule has 1 aliphatic rings. The summed E-state index contributed by atoms with van der Waals surface area (Å²) in [7, 11) is 0. The molecule has 0 aromatic carbocycles. The third-order valence-corrected chi connectivity index (χ3v) is 3.57. The monoisotopic (exact) mass is 247 g/mol. The maximum atomic E-state index is 11.9. The molecule has 1 amide bonds. The molecule has 1 N–H and O–H groups in total. The molecule has 0 radical (unpaired) electrons. The molecule has 0 aliphatic carbocycles. The number of hydrogen-bond acceptors (Lipinski definition) is 3. The fourth-order valence-corrected chi connectivity index (χ4v) is 2.33. The number of amides is 1. The molecule has 1 fully saturated rings. The van der Waals surface area contributed by atoms with Crippen molar-refractivity contribution in [3.63, 3.8) is 0 Å². The quantitative estimate of drug-likeness (QED) is 0.880. The molecule has 98 valence electrons. The molecule has 1 saturated heterocycles. The van der Waals surface area contributed by atoms with Crippen molar-refractivity contribution in [3.05, 3.63) is 30.1 Å². The average molecular weight is 247 g/mol. The number of hydrogen-bond donors (Lipinski definition) is 1. The van der Waals surface area contributed by atoms with Crippen LogP contribution in [0.4, 0.5) is 0 Å². The van der Waals surface area contributed by atoms with E-state index in [1.54, 1.807) is 24.5 Å². The van der Waals surface area contributed by atoms with Gasteiger partial charge < -0.3 is 5.32 Å². The first-order valence-corrected chi connectivity index (χ1v) is 6.53. The number of nitrogens with zero attached hydrogens (tertiary/aromatic N) is 2. The van der Waals surface area contributed by atoms with Crippen molar-refractivity contribution in [1.29, 1.82) is 0 Å². The van der Waals surface area contributed by atoms with Gasteiger partial charge >= 0.3 is 0 Å². The zero-order chi connectivity index (χ0) is 13.0. The first-order valence-electron chi connectivity index (χ1n) is 6.53. The van der Waals surface area contributed by atoms with Crippen molar-refractivity contribution in [1.82, 2.24) is 15.2 Å². The molecule has 0 atom stereocenters. The first-order chi connectivity index (χ1) is 8.59. The van der Waals surface area contributed by atoms with Crippen molar-refractivity contribution in [2.75, 3.05) is 19.6 Å². The summed E-state index contributed by atoms with van der Waals surface area (Å²) in [5, 5.41) is 3.00. The van der Waals surface area contributed by atoms with E-state index in [0.717, 1.165) is 13.1 Å². The second-order valence-corrected chi connectivity index (χ2v) is 5.43. The lowest BCUT2D eigenvalue weighted by Gasteiger charge is -2.35. The van der Waals surface area contributed by atoms with E-state index in [-0.39, 0.29) is 11.4 Å². The third kappa shape index (κ3) is 3.07. The van der Waals surface area contributed by atoms with Gasteiger partial charge in [0.1, 0.15) is 0 Å². The molecule has 2 heterocycles. The van der Waals surface area contributed by atoms with Crippen molar-refractivity contribution < 1.29 is 4.79 Å². The molecule has 4 nitrogen and oxygen atoms in total. The minimum absolute atomic E-state index is 0.0222. The van der Waals surface area contributed by atoms with E-state index in [1.165, 1.54) is 12.8 Å². The van der Waals surface area contributed by atoms with Gasteiger partial charge in [-0.2, -0.15) is 0 Å². The molecule has 1 aromatic rings. The van der Waals surface area contributed by atoms with Crippen LogP contribution in [0.1, 0.15) is 37.0 Å². The van der Waals surface area contributed by atoms with E-state index in [4.69, 9.17) is 0 Å². The molecule has 0 bridgehead atoms. The van der Waals surface area contributed by atoms with Gasteiger partial charge in [-0.15, -0.1) is 0 Å². The number of likely N-dealkylation sites (tertiary alicyclic amines) is 1. The number of carbonyl (C=O) groups excluding carboxylic acids is 1. The van der Waals surface area contributed by atoms with Crippen LogP contribution in [0.25, 0.3) is 0 Å². The Morgan fingerprint density at radius 1 is 1.44 bits per heavy atom. The van der Waals surface area contributed by atoms with Gasteiger partial charge in [0, 0.05) is 24.5 Å². The van der Waals surface area contributed by atoms with E-state index < -0.39 is 0 Å². The minimum Gasteiger partial charge on any atom is -0.350 e. The van der Waals surface area contributed by atoms with Crippen LogP contribution in [0.5, 0.6) is 0 Å². The summed E-state index contributed by atoms with van der Waals surface area (Å²) >= 11 is 0. The standard InChI is InChI=1S/C14H21N3O/c1-14(2,17-8-3-4-9-17)11-16-13(18)12-6-5-7-15-10-12/h5-7,10H,3-4,8-9,11H2,1-2H3,(H,16,18). The lowest BCUT2D eigenvalue weighted by atomic mass is 10.0. The summed E-state index contributed by atoms with van der Waals surface area (Å²) in [5.74, 6) is -0.0460. The van der Waals surface area contributed by atoms with Crippen molar-refractivity contribution in [2.45, 2.75) is 32.2 Å². The summed E-state index contributed by atoms with van der Waals surface area (Å²) in [5.41, 5.74) is 0.642. The van der Waals surface area contributed by atoms with E-state index in [2.05, 4.69) is 29.0 Å². The molecular formula is C14H21N3O. The van der Waals surface area contributed by atoms with Crippen molar-refractivity contribution in [3.8, 4) is 0 Å². The minimum atomic E-state index is -0.0460. The Bertz CT molecular complexity index is 397. The highest BCUT2D eigenvalue weighted by Gasteiger charge is 2.29. The predicted molar refractivity (Wildman–Crippen MR) is 71.5 cm³/mol. The highest BCUT2D eigenvalue weighted by molar-refractivity contribution is 5.93. The number of pyridine rings is 1. The van der Waals surface area contributed by atoms with Gasteiger partial charge in [-0.05, 0) is 51.9 Å². The van der Waals surface area contributed by atoms with Gasteiger partial charge in [0.15, 0.2) is 0 Å². The topological polar surface area (TPSA) is 45.2 Å². The Morgan fingerprint density at radius 2 is 2.17 bits per heavy atom. The van der Waals surface area contributed by atoms with Crippen LogP contribution in [-0.4, -0.2) is 41.0 Å². The van der Waals surface area contributed by atoms with E-state index in [9.17, 15) is 4.79 Å². The highest BCUT2D eigenvalue weighted by Crippen LogP contribution is 2.20. The van der Waals surface area contributed by atoms with Crippen LogP contribution < -0.4 is 5.32 Å². The zero-order valence-electron chi connectivity index (χ0n) is 11.1. The number of rotatable bonds is 4. The van der Waals surface area contributed by atoms with Crippen molar-refractivity contribution in [2.24, 2.45) is 0 Å². The van der Waals surface area contributed by atoms with Gasteiger partial charge in [0.2, 0.25) is 0 Å². The molecule has 4 heteroatoms. The first kappa shape index (κ1) is 13.0. The van der Waals surface area contributed by atoms with Crippen LogP contribution in [-0.2, 0) is 0 Å². The second kappa shape index (κ2) is 5.48. The Morgan fingerprint density at radius 3 is 2.78 bits per heavy atom. The highest BCUT2D eigenvalue weighted by atomic mass is 16.1. The summed E-state index contributed by atoms with van der Waals surface area (Å²) in [6, 6.07) is 3.56. The van der Waals surface area contributed by atoms with E-state index >= 15 is 0 Å². The molecule has 2 rings (SSSR count). The van der Waals surface area contributed by atoms with E-state index in [1.807, 2.05) is 0 Å². The SMILES string of the molecule is CC(C)(CNC(=O)c1cccnc1)N1CCCC1. The largest absolute Gasteiger partial charge is 0.350 e. The fraction of sp³-hybridized carbons (Fsp3) is 0.571. The van der Waals surface area contributed by atoms with Crippen LogP contribution in [0.15, 0.2) is 24.5 Å². The average Bonchev–Trinajstić information content (AvgIpc) is 2.92. The van der Waals surface area contributed by atoms with Gasteiger partial charge in [0.05, 0.1) is 5.56 Å². The van der Waals surface area contributed by atoms with E-state index in [0.29, 0.717) is 12.1 Å². The van der Waals surface area contributed by atoms with Crippen LogP contribution in [0, 0.1) is 0 Å². The molecule has 0 unspecified atom stereocenters. The molecule has 18 heavy (non-hydrogen) atoms. The lowest BCUT2D eigenvalue weighted by molar-refractivity contribution is 0.0901. The molecule has 1 aliphatic heterocycles. The summed E-state index contributed by atoms with van der Waals surface area (Å²) in [6.45, 7) is 7.30. The van der Waals surface area contributed by atoms with Gasteiger partial charge in [-0.3, -0.25) is 14.7 Å². The number of aromatic nitrogens is 1. The predicted octanol–water partition coefficient (Wildman–Crippen LogP) is 1.69. The Hall–Kier alpha value is -1.42. The van der Waals surface area contributed by atoms with Crippen LogP contribution in [0.3, 0.4) is 0 Å². The third-order valence-electron chi connectivity index (χ3n) is 3.57. The maximum Gasteiger partial charge on any atom is 0.252 e. The normalized spacial score (nSPS) is 16.8. The van der Waals surface area contributed by atoms with Gasteiger partial charge in [-0.25, -0.2) is 0 Å². The molecule has 1 aromatic heterocycles. The fourth-order valence-electron chi connectivity index (χ4n) is 2.33. The zero-order valence-corrected chi connectivity index (χ0v) is 11.1. The summed E-state index contributed by atoms with van der Waals surface area (Å²) in [4.78, 5) is 18.3. The number of nitrogens with one attached hydrogen (secondary N) is 1. The summed E-state index contributed by atoms with van der Waals surface area (Å²) in [6.07, 6.45) is 5.79.